The Labute approximate surface area is 201 Å². The second-order valence-electron chi connectivity index (χ2n) is 9.90. The molecule has 2 aromatic carbocycles. The predicted molar refractivity (Wildman–Crippen MR) is 131 cm³/mol. The van der Waals surface area contributed by atoms with E-state index in [2.05, 4.69) is 22.2 Å². The number of rotatable bonds is 1. The summed E-state index contributed by atoms with van der Waals surface area (Å²) in [5.41, 5.74) is 1.24. The fourth-order valence-corrected chi connectivity index (χ4v) is 3.21. The summed E-state index contributed by atoms with van der Waals surface area (Å²) in [6.45, 7) is 10.9. The molecule has 34 heavy (non-hydrogen) atoms. The van der Waals surface area contributed by atoms with Crippen LogP contribution in [0.1, 0.15) is 64.3 Å². The lowest BCUT2D eigenvalue weighted by Crippen LogP contribution is -2.48. The van der Waals surface area contributed by atoms with Gasteiger partial charge >= 0.3 is 12.2 Å². The van der Waals surface area contributed by atoms with Gasteiger partial charge in [0.2, 0.25) is 5.96 Å². The van der Waals surface area contributed by atoms with Gasteiger partial charge in [-0.3, -0.25) is 5.32 Å². The van der Waals surface area contributed by atoms with Crippen LogP contribution in [0.4, 0.5) is 9.59 Å². The third-order valence-corrected chi connectivity index (χ3v) is 4.58. The van der Waals surface area contributed by atoms with Crippen LogP contribution in [0.25, 0.3) is 0 Å². The van der Waals surface area contributed by atoms with Crippen molar-refractivity contribution in [1.29, 1.82) is 0 Å². The number of carbonyl (C=O) groups excluding carboxylic acids is 2. The fraction of sp³-hybridized carbons (Fsp3) is 0.370. The minimum atomic E-state index is -0.710. The molecule has 2 amide bonds. The maximum atomic E-state index is 13.1. The van der Waals surface area contributed by atoms with E-state index in [1.165, 1.54) is 4.90 Å². The summed E-state index contributed by atoms with van der Waals surface area (Å²) in [5, 5.41) is 2.59. The van der Waals surface area contributed by atoms with Gasteiger partial charge in [-0.1, -0.05) is 42.2 Å². The van der Waals surface area contributed by atoms with Crippen LogP contribution in [0.5, 0.6) is 0 Å². The van der Waals surface area contributed by atoms with Crippen molar-refractivity contribution in [3.63, 3.8) is 0 Å². The lowest BCUT2D eigenvalue weighted by Gasteiger charge is -2.29. The minimum absolute atomic E-state index is 0.0986. The lowest BCUT2D eigenvalue weighted by atomic mass is 10.0. The quantitative estimate of drug-likeness (QED) is 0.588. The summed E-state index contributed by atoms with van der Waals surface area (Å²) in [5.74, 6) is 6.37. The second-order valence-corrected chi connectivity index (χ2v) is 9.90. The molecule has 1 aliphatic heterocycles. The Morgan fingerprint density at radius 1 is 0.882 bits per heavy atom. The molecule has 1 heterocycles. The predicted octanol–water partition coefficient (Wildman–Crippen LogP) is 5.26. The molecule has 3 rings (SSSR count). The summed E-state index contributed by atoms with van der Waals surface area (Å²) >= 11 is 0. The van der Waals surface area contributed by atoms with Gasteiger partial charge in [-0.15, -0.1) is 0 Å². The fourth-order valence-electron chi connectivity index (χ4n) is 3.21. The molecule has 2 aromatic rings. The molecule has 178 valence electrons. The Bertz CT molecular complexity index is 1110. The van der Waals surface area contributed by atoms with Crippen LogP contribution in [-0.4, -0.2) is 40.8 Å². The SMILES string of the molecule is CC(C)(C)OC(=O)NC1=NCC(c2ccc(C#Cc3ccccc3)cc2)N1C(=O)OC(C)(C)C. The summed E-state index contributed by atoms with van der Waals surface area (Å²) in [6, 6.07) is 16.9. The highest BCUT2D eigenvalue weighted by molar-refractivity contribution is 6.02. The molecule has 0 fully saturated rings. The van der Waals surface area contributed by atoms with E-state index >= 15 is 0 Å². The Morgan fingerprint density at radius 3 is 2.00 bits per heavy atom. The van der Waals surface area contributed by atoms with Crippen molar-refractivity contribution in [1.82, 2.24) is 10.2 Å². The number of nitrogens with zero attached hydrogens (tertiary/aromatic N) is 2. The molecule has 1 unspecified atom stereocenters. The van der Waals surface area contributed by atoms with Gasteiger partial charge in [0.15, 0.2) is 0 Å². The van der Waals surface area contributed by atoms with E-state index in [9.17, 15) is 9.59 Å². The van der Waals surface area contributed by atoms with Crippen LogP contribution in [0.3, 0.4) is 0 Å². The molecule has 0 saturated carbocycles. The number of alkyl carbamates (subject to hydrolysis) is 1. The van der Waals surface area contributed by atoms with Crippen LogP contribution in [0.2, 0.25) is 0 Å². The van der Waals surface area contributed by atoms with Crippen molar-refractivity contribution in [2.24, 2.45) is 4.99 Å². The average molecular weight is 462 g/mol. The molecule has 1 atom stereocenters. The second kappa shape index (κ2) is 10.0. The van der Waals surface area contributed by atoms with Crippen LogP contribution in [0.15, 0.2) is 59.6 Å². The van der Waals surface area contributed by atoms with E-state index in [4.69, 9.17) is 9.47 Å². The van der Waals surface area contributed by atoms with Crippen LogP contribution >= 0.6 is 0 Å². The van der Waals surface area contributed by atoms with Crippen molar-refractivity contribution in [3.05, 3.63) is 71.3 Å². The Kier molecular flexibility index (Phi) is 7.31. The van der Waals surface area contributed by atoms with Crippen molar-refractivity contribution >= 4 is 18.1 Å². The van der Waals surface area contributed by atoms with Gasteiger partial charge in [0.1, 0.15) is 11.2 Å². The Morgan fingerprint density at radius 2 is 1.44 bits per heavy atom. The third-order valence-electron chi connectivity index (χ3n) is 4.58. The summed E-state index contributed by atoms with van der Waals surface area (Å²) in [7, 11) is 0. The maximum Gasteiger partial charge on any atom is 0.417 e. The monoisotopic (exact) mass is 461 g/mol. The van der Waals surface area contributed by atoms with E-state index in [1.54, 1.807) is 41.5 Å². The van der Waals surface area contributed by atoms with Gasteiger partial charge in [0.05, 0.1) is 12.6 Å². The minimum Gasteiger partial charge on any atom is -0.444 e. The molecular weight excluding hydrogens is 430 g/mol. The molecule has 7 heteroatoms. The van der Waals surface area contributed by atoms with Crippen molar-refractivity contribution in [2.75, 3.05) is 6.54 Å². The highest BCUT2D eigenvalue weighted by Crippen LogP contribution is 2.28. The van der Waals surface area contributed by atoms with Crippen molar-refractivity contribution in [2.45, 2.75) is 58.8 Å². The lowest BCUT2D eigenvalue weighted by molar-refractivity contribution is 0.0321. The third kappa shape index (κ3) is 7.11. The summed E-state index contributed by atoms with van der Waals surface area (Å²) in [4.78, 5) is 31.2. The molecule has 1 aliphatic rings. The molecule has 0 radical (unpaired) electrons. The first kappa shape index (κ1) is 24.8. The van der Waals surface area contributed by atoms with Crippen molar-refractivity contribution < 1.29 is 19.1 Å². The first-order valence-electron chi connectivity index (χ1n) is 11.1. The van der Waals surface area contributed by atoms with Crippen molar-refractivity contribution in [3.8, 4) is 11.8 Å². The number of guanidine groups is 1. The van der Waals surface area contributed by atoms with E-state index in [-0.39, 0.29) is 12.5 Å². The Balaban J connectivity index is 1.81. The van der Waals surface area contributed by atoms with Gasteiger partial charge in [0.25, 0.3) is 0 Å². The van der Waals surface area contributed by atoms with Crippen LogP contribution in [0, 0.1) is 11.8 Å². The van der Waals surface area contributed by atoms with Gasteiger partial charge in [-0.05, 0) is 71.4 Å². The molecule has 1 N–H and O–H groups in total. The highest BCUT2D eigenvalue weighted by atomic mass is 16.6. The number of benzene rings is 2. The largest absolute Gasteiger partial charge is 0.444 e. The van der Waals surface area contributed by atoms with Crippen LogP contribution < -0.4 is 5.32 Å². The van der Waals surface area contributed by atoms with Crippen LogP contribution in [-0.2, 0) is 9.47 Å². The topological polar surface area (TPSA) is 80.2 Å². The van der Waals surface area contributed by atoms with Gasteiger partial charge < -0.3 is 9.47 Å². The maximum absolute atomic E-state index is 13.1. The zero-order valence-electron chi connectivity index (χ0n) is 20.5. The molecular formula is C27H31N3O4. The normalized spacial score (nSPS) is 15.6. The van der Waals surface area contributed by atoms with E-state index < -0.39 is 29.4 Å². The number of ether oxygens (including phenoxy) is 2. The number of aliphatic imine (C=N–C) groups is 1. The van der Waals surface area contributed by atoms with Gasteiger partial charge in [0, 0.05) is 11.1 Å². The number of amides is 2. The molecule has 0 aliphatic carbocycles. The van der Waals surface area contributed by atoms with E-state index in [0.717, 1.165) is 16.7 Å². The summed E-state index contributed by atoms with van der Waals surface area (Å²) < 4.78 is 10.9. The molecule has 0 spiro atoms. The smallest absolute Gasteiger partial charge is 0.417 e. The Hall–Kier alpha value is -3.79. The van der Waals surface area contributed by atoms with E-state index in [1.807, 2.05) is 54.6 Å². The number of hydrogen-bond acceptors (Lipinski definition) is 5. The number of nitrogens with one attached hydrogen (secondary N) is 1. The first-order chi connectivity index (χ1) is 15.9. The number of carbonyl (C=O) groups is 2. The average Bonchev–Trinajstić information content (AvgIpc) is 3.14. The standard InChI is InChI=1S/C27H31N3O4/c1-26(2,3)33-24(31)29-23-28-18-22(30(23)25(32)34-27(4,5)6)21-16-14-20(15-17-21)13-12-19-10-8-7-9-11-19/h7-11,14-17,22H,18H2,1-6H3,(H,28,29,31). The molecule has 0 saturated heterocycles. The molecule has 0 aromatic heterocycles. The summed E-state index contributed by atoms with van der Waals surface area (Å²) in [6.07, 6.45) is -1.29. The molecule has 0 bridgehead atoms. The zero-order valence-corrected chi connectivity index (χ0v) is 20.5. The number of hydrogen-bond donors (Lipinski definition) is 1. The van der Waals surface area contributed by atoms with Gasteiger partial charge in [-0.2, -0.15) is 0 Å². The molecule has 7 nitrogen and oxygen atoms in total. The van der Waals surface area contributed by atoms with E-state index in [0.29, 0.717) is 0 Å². The zero-order chi connectivity index (χ0) is 24.9. The van der Waals surface area contributed by atoms with Gasteiger partial charge in [-0.25, -0.2) is 19.5 Å². The first-order valence-corrected chi connectivity index (χ1v) is 11.1. The highest BCUT2D eigenvalue weighted by Gasteiger charge is 2.38.